The number of piperazine rings is 1. The van der Waals surface area contributed by atoms with E-state index in [1.165, 1.54) is 24.3 Å². The molecule has 1 fully saturated rings. The molecular formula is C19H24N6O4S. The van der Waals surface area contributed by atoms with Crippen LogP contribution in [0.25, 0.3) is 0 Å². The summed E-state index contributed by atoms with van der Waals surface area (Å²) in [6.45, 7) is 2.68. The normalized spacial score (nSPS) is 14.3. The van der Waals surface area contributed by atoms with Crippen molar-refractivity contribution in [2.75, 3.05) is 49.2 Å². The Bertz CT molecular complexity index is 974. The highest BCUT2D eigenvalue weighted by molar-refractivity contribution is 7.90. The first kappa shape index (κ1) is 21.5. The molecule has 0 atom stereocenters. The molecule has 1 aromatic carbocycles. The van der Waals surface area contributed by atoms with E-state index in [9.17, 15) is 18.0 Å². The Morgan fingerprint density at radius 1 is 1.03 bits per heavy atom. The predicted molar refractivity (Wildman–Crippen MR) is 112 cm³/mol. The average Bonchev–Trinajstić information content (AvgIpc) is 2.74. The van der Waals surface area contributed by atoms with Gasteiger partial charge in [0.25, 0.3) is 0 Å². The van der Waals surface area contributed by atoms with Crippen molar-refractivity contribution >= 4 is 33.4 Å². The molecule has 1 aromatic heterocycles. The molecule has 30 heavy (non-hydrogen) atoms. The van der Waals surface area contributed by atoms with Crippen LogP contribution in [0, 0.1) is 0 Å². The number of benzene rings is 1. The molecule has 1 aliphatic rings. The molecule has 0 bridgehead atoms. The standard InChI is InChI=1S/C19H24N6O4S/c1-30(28,29)16-5-3-15(4-6-16)23-19(27)22-10-7-17(26)24-11-13-25(14-12-24)18-20-8-2-9-21-18/h2-6,8-9H,7,10-14H2,1H3,(H2,22,23,27). The van der Waals surface area contributed by atoms with Gasteiger partial charge in [-0.15, -0.1) is 0 Å². The number of hydrogen-bond acceptors (Lipinski definition) is 7. The van der Waals surface area contributed by atoms with Crippen molar-refractivity contribution in [2.45, 2.75) is 11.3 Å². The number of nitrogens with one attached hydrogen (secondary N) is 2. The highest BCUT2D eigenvalue weighted by Gasteiger charge is 2.22. The lowest BCUT2D eigenvalue weighted by atomic mass is 10.3. The second kappa shape index (κ2) is 9.53. The Kier molecular flexibility index (Phi) is 6.83. The van der Waals surface area contributed by atoms with Crippen LogP contribution < -0.4 is 15.5 Å². The molecule has 1 aliphatic heterocycles. The first-order valence-corrected chi connectivity index (χ1v) is 11.4. The van der Waals surface area contributed by atoms with E-state index in [1.54, 1.807) is 23.4 Å². The molecule has 1 saturated heterocycles. The molecule has 2 aromatic rings. The summed E-state index contributed by atoms with van der Waals surface area (Å²) in [6, 6.07) is 7.18. The fraction of sp³-hybridized carbons (Fsp3) is 0.368. The van der Waals surface area contributed by atoms with Crippen molar-refractivity contribution in [2.24, 2.45) is 0 Å². The van der Waals surface area contributed by atoms with Crippen LogP contribution in [0.4, 0.5) is 16.4 Å². The van der Waals surface area contributed by atoms with Gasteiger partial charge in [0.05, 0.1) is 4.90 Å². The fourth-order valence-electron chi connectivity index (χ4n) is 3.01. The number of anilines is 2. The van der Waals surface area contributed by atoms with Gasteiger partial charge in [0, 0.05) is 63.5 Å². The largest absolute Gasteiger partial charge is 0.339 e. The molecule has 0 saturated carbocycles. The van der Waals surface area contributed by atoms with Crippen molar-refractivity contribution in [3.05, 3.63) is 42.7 Å². The van der Waals surface area contributed by atoms with Crippen molar-refractivity contribution in [3.8, 4) is 0 Å². The molecular weight excluding hydrogens is 408 g/mol. The molecule has 160 valence electrons. The van der Waals surface area contributed by atoms with E-state index in [0.29, 0.717) is 37.8 Å². The van der Waals surface area contributed by atoms with Gasteiger partial charge in [0.2, 0.25) is 11.9 Å². The summed E-state index contributed by atoms with van der Waals surface area (Å²) < 4.78 is 22.9. The Labute approximate surface area is 175 Å². The molecule has 2 heterocycles. The number of sulfone groups is 1. The minimum atomic E-state index is -3.28. The monoisotopic (exact) mass is 432 g/mol. The summed E-state index contributed by atoms with van der Waals surface area (Å²) in [5.74, 6) is 0.633. The van der Waals surface area contributed by atoms with Gasteiger partial charge in [-0.2, -0.15) is 0 Å². The van der Waals surface area contributed by atoms with Gasteiger partial charge >= 0.3 is 6.03 Å². The summed E-state index contributed by atoms with van der Waals surface area (Å²) >= 11 is 0. The Hall–Kier alpha value is -3.21. The number of carbonyl (C=O) groups excluding carboxylic acids is 2. The highest BCUT2D eigenvalue weighted by Crippen LogP contribution is 2.14. The van der Waals surface area contributed by atoms with E-state index in [4.69, 9.17) is 0 Å². The summed E-state index contributed by atoms with van der Waals surface area (Å²) in [6.07, 6.45) is 4.70. The lowest BCUT2D eigenvalue weighted by molar-refractivity contribution is -0.131. The third kappa shape index (κ3) is 5.89. The lowest BCUT2D eigenvalue weighted by Crippen LogP contribution is -2.49. The van der Waals surface area contributed by atoms with Crippen LogP contribution in [0.5, 0.6) is 0 Å². The second-order valence-electron chi connectivity index (χ2n) is 6.84. The molecule has 11 heteroatoms. The number of amides is 3. The number of carbonyl (C=O) groups is 2. The van der Waals surface area contributed by atoms with E-state index in [-0.39, 0.29) is 23.8 Å². The van der Waals surface area contributed by atoms with Gasteiger partial charge in [-0.3, -0.25) is 4.79 Å². The maximum atomic E-state index is 12.4. The molecule has 3 amide bonds. The van der Waals surface area contributed by atoms with Crippen molar-refractivity contribution in [1.29, 1.82) is 0 Å². The zero-order chi connectivity index (χ0) is 21.6. The van der Waals surface area contributed by atoms with Gasteiger partial charge in [-0.05, 0) is 30.3 Å². The summed E-state index contributed by atoms with van der Waals surface area (Å²) in [7, 11) is -3.28. The molecule has 0 unspecified atom stereocenters. The zero-order valence-electron chi connectivity index (χ0n) is 16.6. The van der Waals surface area contributed by atoms with Crippen LogP contribution in [-0.2, 0) is 14.6 Å². The maximum absolute atomic E-state index is 12.4. The summed E-state index contributed by atoms with van der Waals surface area (Å²) in [5.41, 5.74) is 0.463. The van der Waals surface area contributed by atoms with Crippen LogP contribution in [0.2, 0.25) is 0 Å². The molecule has 0 radical (unpaired) electrons. The number of aromatic nitrogens is 2. The zero-order valence-corrected chi connectivity index (χ0v) is 17.4. The van der Waals surface area contributed by atoms with Gasteiger partial charge < -0.3 is 20.4 Å². The molecule has 10 nitrogen and oxygen atoms in total. The second-order valence-corrected chi connectivity index (χ2v) is 8.86. The van der Waals surface area contributed by atoms with Gasteiger partial charge in [0.15, 0.2) is 9.84 Å². The van der Waals surface area contributed by atoms with Crippen molar-refractivity contribution < 1.29 is 18.0 Å². The number of hydrogen-bond donors (Lipinski definition) is 2. The topological polar surface area (TPSA) is 125 Å². The summed E-state index contributed by atoms with van der Waals surface area (Å²) in [4.78, 5) is 36.7. The average molecular weight is 433 g/mol. The Balaban J connectivity index is 1.38. The van der Waals surface area contributed by atoms with Crippen LogP contribution in [0.3, 0.4) is 0 Å². The van der Waals surface area contributed by atoms with Gasteiger partial charge in [-0.1, -0.05) is 0 Å². The third-order valence-corrected chi connectivity index (χ3v) is 5.76. The van der Waals surface area contributed by atoms with E-state index >= 15 is 0 Å². The highest BCUT2D eigenvalue weighted by atomic mass is 32.2. The van der Waals surface area contributed by atoms with Crippen LogP contribution in [-0.4, -0.2) is 74.2 Å². The van der Waals surface area contributed by atoms with Crippen LogP contribution in [0.1, 0.15) is 6.42 Å². The molecule has 2 N–H and O–H groups in total. The van der Waals surface area contributed by atoms with E-state index in [0.717, 1.165) is 6.26 Å². The minimum absolute atomic E-state index is 0.0264. The first-order chi connectivity index (χ1) is 14.3. The lowest BCUT2D eigenvalue weighted by Gasteiger charge is -2.34. The van der Waals surface area contributed by atoms with Gasteiger partial charge in [0.1, 0.15) is 0 Å². The number of nitrogens with zero attached hydrogens (tertiary/aromatic N) is 4. The van der Waals surface area contributed by atoms with Crippen LogP contribution >= 0.6 is 0 Å². The number of rotatable bonds is 6. The first-order valence-electron chi connectivity index (χ1n) is 9.47. The Morgan fingerprint density at radius 3 is 2.27 bits per heavy atom. The number of urea groups is 1. The maximum Gasteiger partial charge on any atom is 0.319 e. The fourth-order valence-corrected chi connectivity index (χ4v) is 3.64. The smallest absolute Gasteiger partial charge is 0.319 e. The predicted octanol–water partition coefficient (Wildman–Crippen LogP) is 0.741. The molecule has 0 aliphatic carbocycles. The van der Waals surface area contributed by atoms with Crippen molar-refractivity contribution in [3.63, 3.8) is 0 Å². The Morgan fingerprint density at radius 2 is 1.67 bits per heavy atom. The van der Waals surface area contributed by atoms with Crippen LogP contribution in [0.15, 0.2) is 47.6 Å². The van der Waals surface area contributed by atoms with Gasteiger partial charge in [-0.25, -0.2) is 23.2 Å². The quantitative estimate of drug-likeness (QED) is 0.690. The molecule has 0 spiro atoms. The van der Waals surface area contributed by atoms with Crippen molar-refractivity contribution in [1.82, 2.24) is 20.2 Å². The molecule has 3 rings (SSSR count). The summed E-state index contributed by atoms with van der Waals surface area (Å²) in [5, 5.41) is 5.24. The van der Waals surface area contributed by atoms with E-state index < -0.39 is 15.9 Å². The van der Waals surface area contributed by atoms with E-state index in [2.05, 4.69) is 20.6 Å². The van der Waals surface area contributed by atoms with E-state index in [1.807, 2.05) is 4.90 Å². The SMILES string of the molecule is CS(=O)(=O)c1ccc(NC(=O)NCCC(=O)N2CCN(c3ncccn3)CC2)cc1. The minimum Gasteiger partial charge on any atom is -0.339 e. The third-order valence-electron chi connectivity index (χ3n) is 4.63.